The molecule has 3 unspecified atom stereocenters. The third-order valence-electron chi connectivity index (χ3n) is 4.95. The van der Waals surface area contributed by atoms with Crippen LogP contribution in [-0.4, -0.2) is 20.2 Å². The fourth-order valence-electron chi connectivity index (χ4n) is 3.18. The molecule has 0 aliphatic heterocycles. The molecule has 0 rings (SSSR count). The number of halogens is 1. The van der Waals surface area contributed by atoms with Crippen LogP contribution in [0, 0.1) is 0 Å². The molecule has 0 aliphatic carbocycles. The average molecular weight is 321 g/mol. The van der Waals surface area contributed by atoms with Crippen LogP contribution in [0.15, 0.2) is 0 Å². The van der Waals surface area contributed by atoms with Gasteiger partial charge in [-0.05, 0) is 23.0 Å². The summed E-state index contributed by atoms with van der Waals surface area (Å²) in [6, 6.07) is 0. The minimum atomic E-state index is -2.11. The monoisotopic (exact) mass is 320 g/mol. The van der Waals surface area contributed by atoms with E-state index in [1.165, 1.54) is 0 Å². The van der Waals surface area contributed by atoms with Crippen LogP contribution in [0.5, 0.6) is 0 Å². The number of alkyl halides is 1. The molecule has 4 heteroatoms. The molecule has 0 heterocycles. The van der Waals surface area contributed by atoms with Crippen LogP contribution in [0.4, 0.5) is 0 Å². The van der Waals surface area contributed by atoms with E-state index >= 15 is 0 Å². The number of rotatable bonds is 10. The van der Waals surface area contributed by atoms with E-state index in [2.05, 4.69) is 41.5 Å². The zero-order valence-corrected chi connectivity index (χ0v) is 15.9. The van der Waals surface area contributed by atoms with Crippen LogP contribution >= 0.6 is 11.6 Å². The standard InChI is InChI=1S/C16H33ClO2Si/c1-7-13(4)20(14(5)8-2,15(6)9-3)19-16(18)11-10-12-17/h13-15H,7-12H2,1-6H3. The second-order valence-corrected chi connectivity index (χ2v) is 11.3. The third-order valence-corrected chi connectivity index (χ3v) is 11.6. The van der Waals surface area contributed by atoms with Gasteiger partial charge in [-0.2, -0.15) is 0 Å². The molecule has 0 aromatic heterocycles. The van der Waals surface area contributed by atoms with Crippen LogP contribution in [0.25, 0.3) is 0 Å². The van der Waals surface area contributed by atoms with E-state index in [-0.39, 0.29) is 5.97 Å². The van der Waals surface area contributed by atoms with Crippen molar-refractivity contribution in [3.63, 3.8) is 0 Å². The molecule has 0 spiro atoms. The smallest absolute Gasteiger partial charge is 0.292 e. The summed E-state index contributed by atoms with van der Waals surface area (Å²) in [6.45, 7) is 13.5. The predicted octanol–water partition coefficient (Wildman–Crippen LogP) is 5.89. The lowest BCUT2D eigenvalue weighted by Crippen LogP contribution is -2.51. The molecule has 20 heavy (non-hydrogen) atoms. The SMILES string of the molecule is CCC(C)[Si](OC(=O)CCCCl)(C(C)CC)C(C)CC. The van der Waals surface area contributed by atoms with Crippen molar-refractivity contribution < 1.29 is 9.22 Å². The van der Waals surface area contributed by atoms with Gasteiger partial charge < -0.3 is 4.43 Å². The van der Waals surface area contributed by atoms with Gasteiger partial charge in [-0.25, -0.2) is 0 Å². The minimum Gasteiger partial charge on any atom is -0.518 e. The third kappa shape index (κ3) is 4.76. The molecular weight excluding hydrogens is 288 g/mol. The van der Waals surface area contributed by atoms with Crippen LogP contribution in [-0.2, 0) is 9.22 Å². The molecule has 0 saturated carbocycles. The summed E-state index contributed by atoms with van der Waals surface area (Å²) >= 11 is 5.69. The molecule has 0 radical (unpaired) electrons. The number of carbonyl (C=O) groups excluding carboxylic acids is 1. The molecule has 0 aromatic rings. The molecule has 0 fully saturated rings. The van der Waals surface area contributed by atoms with Crippen LogP contribution in [0.1, 0.15) is 73.6 Å². The Bertz CT molecular complexity index is 257. The van der Waals surface area contributed by atoms with E-state index in [0.29, 0.717) is 35.3 Å². The van der Waals surface area contributed by atoms with Gasteiger partial charge in [-0.3, -0.25) is 4.79 Å². The van der Waals surface area contributed by atoms with Gasteiger partial charge in [0, 0.05) is 12.3 Å². The zero-order chi connectivity index (χ0) is 15.8. The van der Waals surface area contributed by atoms with Gasteiger partial charge in [0.25, 0.3) is 14.3 Å². The Labute approximate surface area is 131 Å². The van der Waals surface area contributed by atoms with Crippen LogP contribution < -0.4 is 0 Å². The van der Waals surface area contributed by atoms with Gasteiger partial charge in [0.15, 0.2) is 0 Å². The molecule has 120 valence electrons. The van der Waals surface area contributed by atoms with Crippen molar-refractivity contribution in [2.45, 2.75) is 90.3 Å². The maximum Gasteiger partial charge on any atom is 0.292 e. The van der Waals surface area contributed by atoms with Gasteiger partial charge >= 0.3 is 0 Å². The molecule has 0 bridgehead atoms. The quantitative estimate of drug-likeness (QED) is 0.370. The lowest BCUT2D eigenvalue weighted by Gasteiger charge is -2.44. The molecule has 0 aliphatic rings. The fourth-order valence-corrected chi connectivity index (χ4v) is 9.24. The van der Waals surface area contributed by atoms with Crippen LogP contribution in [0.2, 0.25) is 16.6 Å². The Morgan fingerprint density at radius 3 is 1.70 bits per heavy atom. The molecule has 0 aromatic carbocycles. The van der Waals surface area contributed by atoms with Crippen molar-refractivity contribution in [1.29, 1.82) is 0 Å². The second-order valence-electron chi connectivity index (χ2n) is 6.05. The predicted molar refractivity (Wildman–Crippen MR) is 90.9 cm³/mol. The maximum absolute atomic E-state index is 12.2. The van der Waals surface area contributed by atoms with Crippen molar-refractivity contribution in [2.24, 2.45) is 0 Å². The van der Waals surface area contributed by atoms with E-state index < -0.39 is 8.32 Å². The fraction of sp³-hybridized carbons (Fsp3) is 0.938. The lowest BCUT2D eigenvalue weighted by atomic mass is 10.3. The van der Waals surface area contributed by atoms with E-state index in [1.54, 1.807) is 0 Å². The molecule has 2 nitrogen and oxygen atoms in total. The van der Waals surface area contributed by atoms with E-state index in [0.717, 1.165) is 19.3 Å². The summed E-state index contributed by atoms with van der Waals surface area (Å²) in [5.41, 5.74) is 1.52. The van der Waals surface area contributed by atoms with Crippen molar-refractivity contribution >= 4 is 25.9 Å². The zero-order valence-electron chi connectivity index (χ0n) is 14.2. The Morgan fingerprint density at radius 2 is 1.40 bits per heavy atom. The highest BCUT2D eigenvalue weighted by atomic mass is 35.5. The van der Waals surface area contributed by atoms with Crippen molar-refractivity contribution in [1.82, 2.24) is 0 Å². The topological polar surface area (TPSA) is 26.3 Å². The van der Waals surface area contributed by atoms with Crippen LogP contribution in [0.3, 0.4) is 0 Å². The van der Waals surface area contributed by atoms with Crippen molar-refractivity contribution in [3.8, 4) is 0 Å². The number of carbonyl (C=O) groups is 1. The Kier molecular flexibility index (Phi) is 9.82. The maximum atomic E-state index is 12.2. The van der Waals surface area contributed by atoms with Gasteiger partial charge in [0.2, 0.25) is 0 Å². The summed E-state index contributed by atoms with van der Waals surface area (Å²) in [5, 5.41) is 0. The normalized spacial score (nSPS) is 18.9. The highest BCUT2D eigenvalue weighted by Gasteiger charge is 2.51. The summed E-state index contributed by atoms with van der Waals surface area (Å²) in [6.07, 6.45) is 4.44. The Balaban J connectivity index is 5.33. The highest BCUT2D eigenvalue weighted by Crippen LogP contribution is 2.47. The summed E-state index contributed by atoms with van der Waals surface area (Å²) in [7, 11) is -2.11. The van der Waals surface area contributed by atoms with E-state index in [1.807, 2.05) is 0 Å². The van der Waals surface area contributed by atoms with E-state index in [9.17, 15) is 4.79 Å². The highest BCUT2D eigenvalue weighted by molar-refractivity contribution is 6.79. The lowest BCUT2D eigenvalue weighted by molar-refractivity contribution is -0.135. The Morgan fingerprint density at radius 1 is 1.00 bits per heavy atom. The molecule has 3 atom stereocenters. The number of hydrogen-bond donors (Lipinski definition) is 0. The average Bonchev–Trinajstić information content (AvgIpc) is 2.47. The van der Waals surface area contributed by atoms with Gasteiger partial charge in [0.05, 0.1) is 0 Å². The molecular formula is C16H33ClO2Si. The Hall–Kier alpha value is -0.0231. The number of hydrogen-bond acceptors (Lipinski definition) is 2. The first-order valence-corrected chi connectivity index (χ1v) is 10.9. The first kappa shape index (κ1) is 20.0. The molecule has 0 saturated heterocycles. The van der Waals surface area contributed by atoms with Gasteiger partial charge in [-0.1, -0.05) is 60.8 Å². The van der Waals surface area contributed by atoms with E-state index in [4.69, 9.17) is 16.0 Å². The largest absolute Gasteiger partial charge is 0.518 e. The minimum absolute atomic E-state index is 0.0294. The summed E-state index contributed by atoms with van der Waals surface area (Å²) in [4.78, 5) is 12.2. The summed E-state index contributed by atoms with van der Waals surface area (Å²) < 4.78 is 6.24. The summed E-state index contributed by atoms with van der Waals surface area (Å²) in [5.74, 6) is 0.498. The van der Waals surface area contributed by atoms with Gasteiger partial charge in [-0.15, -0.1) is 11.6 Å². The van der Waals surface area contributed by atoms with Crippen molar-refractivity contribution in [2.75, 3.05) is 5.88 Å². The van der Waals surface area contributed by atoms with Gasteiger partial charge in [0.1, 0.15) is 0 Å². The van der Waals surface area contributed by atoms with Crippen molar-refractivity contribution in [3.05, 3.63) is 0 Å². The first-order chi connectivity index (χ1) is 9.40. The molecule has 0 amide bonds. The first-order valence-electron chi connectivity index (χ1n) is 8.18. The molecule has 0 N–H and O–H groups in total. The second kappa shape index (κ2) is 9.83.